The first kappa shape index (κ1) is 13.6. The summed E-state index contributed by atoms with van der Waals surface area (Å²) in [5.74, 6) is -0.786. The van der Waals surface area contributed by atoms with Gasteiger partial charge in [-0.2, -0.15) is 0 Å². The summed E-state index contributed by atoms with van der Waals surface area (Å²) in [5.41, 5.74) is 0.579. The smallest absolute Gasteiger partial charge is 0.327 e. The Morgan fingerprint density at radius 3 is 2.95 bits per heavy atom. The average Bonchev–Trinajstić information content (AvgIpc) is 3.07. The van der Waals surface area contributed by atoms with Gasteiger partial charge in [-0.3, -0.25) is 4.79 Å². The van der Waals surface area contributed by atoms with Crippen LogP contribution in [0.3, 0.4) is 0 Å². The molecule has 6 heteroatoms. The first-order valence-corrected chi connectivity index (χ1v) is 6.82. The van der Waals surface area contributed by atoms with Gasteiger partial charge in [0.1, 0.15) is 6.04 Å². The third kappa shape index (κ3) is 2.37. The predicted octanol–water partition coefficient (Wildman–Crippen LogP) is 0.873. The fraction of sp³-hybridized carbons (Fsp3) is 0.400. The van der Waals surface area contributed by atoms with Gasteiger partial charge < -0.3 is 14.7 Å². The molecule has 1 N–H and O–H groups in total. The van der Waals surface area contributed by atoms with Gasteiger partial charge in [0.05, 0.1) is 25.3 Å². The maximum atomic E-state index is 12.5. The molecule has 1 amide bonds. The van der Waals surface area contributed by atoms with E-state index in [1.165, 1.54) is 12.0 Å². The number of amides is 1. The minimum atomic E-state index is -0.946. The van der Waals surface area contributed by atoms with E-state index in [9.17, 15) is 14.7 Å². The zero-order chi connectivity index (χ0) is 15.0. The van der Waals surface area contributed by atoms with Gasteiger partial charge in [-0.25, -0.2) is 9.78 Å². The van der Waals surface area contributed by atoms with Crippen LogP contribution in [0.5, 0.6) is 5.88 Å². The maximum absolute atomic E-state index is 12.5. The molecule has 1 aliphatic heterocycles. The molecule has 0 aromatic carbocycles. The van der Waals surface area contributed by atoms with Crippen molar-refractivity contribution in [2.24, 2.45) is 5.92 Å². The van der Waals surface area contributed by atoms with Crippen LogP contribution in [0.4, 0.5) is 0 Å². The van der Waals surface area contributed by atoms with E-state index in [0.29, 0.717) is 18.0 Å². The van der Waals surface area contributed by atoms with Gasteiger partial charge in [-0.1, -0.05) is 18.2 Å². The SMILES string of the molecule is COc1cccc(CC(=O)N2C3C=CC(C3)C2C(=O)O)n1. The first-order chi connectivity index (χ1) is 10.1. The third-order valence-corrected chi connectivity index (χ3v) is 4.02. The molecule has 3 rings (SSSR count). The van der Waals surface area contributed by atoms with Crippen molar-refractivity contribution in [3.05, 3.63) is 36.0 Å². The van der Waals surface area contributed by atoms with Crippen molar-refractivity contribution >= 4 is 11.9 Å². The molecule has 1 aliphatic carbocycles. The van der Waals surface area contributed by atoms with Crippen molar-refractivity contribution in [1.29, 1.82) is 0 Å². The summed E-state index contributed by atoms with van der Waals surface area (Å²) in [7, 11) is 1.51. The van der Waals surface area contributed by atoms with Crippen molar-refractivity contribution in [1.82, 2.24) is 9.88 Å². The van der Waals surface area contributed by atoms with Gasteiger partial charge in [0.15, 0.2) is 0 Å². The summed E-state index contributed by atoms with van der Waals surface area (Å²) in [5, 5.41) is 9.34. The Morgan fingerprint density at radius 2 is 2.24 bits per heavy atom. The van der Waals surface area contributed by atoms with Crippen LogP contribution >= 0.6 is 0 Å². The quantitative estimate of drug-likeness (QED) is 0.832. The highest BCUT2D eigenvalue weighted by Gasteiger charge is 2.48. The van der Waals surface area contributed by atoms with E-state index in [4.69, 9.17) is 4.74 Å². The maximum Gasteiger partial charge on any atom is 0.327 e. The van der Waals surface area contributed by atoms with E-state index in [0.717, 1.165) is 0 Å². The van der Waals surface area contributed by atoms with Crippen molar-refractivity contribution in [3.63, 3.8) is 0 Å². The van der Waals surface area contributed by atoms with Crippen LogP contribution in [0, 0.1) is 5.92 Å². The molecule has 21 heavy (non-hydrogen) atoms. The highest BCUT2D eigenvalue weighted by molar-refractivity contribution is 5.87. The molecule has 1 saturated heterocycles. The second kappa shape index (κ2) is 5.20. The first-order valence-electron chi connectivity index (χ1n) is 6.82. The fourth-order valence-electron chi connectivity index (χ4n) is 3.12. The molecular weight excluding hydrogens is 272 g/mol. The number of carboxylic acid groups (broad SMARTS) is 1. The van der Waals surface area contributed by atoms with Crippen LogP contribution in [0.1, 0.15) is 12.1 Å². The van der Waals surface area contributed by atoms with E-state index in [2.05, 4.69) is 4.98 Å². The lowest BCUT2D eigenvalue weighted by atomic mass is 10.0. The van der Waals surface area contributed by atoms with Crippen LogP contribution in [0.15, 0.2) is 30.4 Å². The molecule has 3 atom stereocenters. The molecule has 1 aromatic rings. The van der Waals surface area contributed by atoms with Gasteiger partial charge in [-0.05, 0) is 12.5 Å². The Kier molecular flexibility index (Phi) is 3.37. The van der Waals surface area contributed by atoms with Gasteiger partial charge in [0, 0.05) is 12.0 Å². The Labute approximate surface area is 122 Å². The number of aliphatic carboxylic acids is 1. The van der Waals surface area contributed by atoms with Gasteiger partial charge >= 0.3 is 5.97 Å². The molecule has 1 fully saturated rings. The van der Waals surface area contributed by atoms with Crippen molar-refractivity contribution in [2.75, 3.05) is 7.11 Å². The number of pyridine rings is 1. The van der Waals surface area contributed by atoms with Crippen molar-refractivity contribution in [2.45, 2.75) is 24.9 Å². The van der Waals surface area contributed by atoms with Crippen molar-refractivity contribution < 1.29 is 19.4 Å². The van der Waals surface area contributed by atoms with Crippen LogP contribution in [0.2, 0.25) is 0 Å². The average molecular weight is 288 g/mol. The Balaban J connectivity index is 1.78. The summed E-state index contributed by atoms with van der Waals surface area (Å²) >= 11 is 0. The lowest BCUT2D eigenvalue weighted by Gasteiger charge is -2.29. The van der Waals surface area contributed by atoms with E-state index in [1.807, 2.05) is 12.2 Å². The summed E-state index contributed by atoms with van der Waals surface area (Å²) in [4.78, 5) is 29.5. The third-order valence-electron chi connectivity index (χ3n) is 4.02. The molecule has 2 aliphatic rings. The monoisotopic (exact) mass is 288 g/mol. The second-order valence-electron chi connectivity index (χ2n) is 5.28. The molecule has 110 valence electrons. The fourth-order valence-corrected chi connectivity index (χ4v) is 3.12. The van der Waals surface area contributed by atoms with Crippen LogP contribution in [-0.4, -0.2) is 46.1 Å². The number of rotatable bonds is 4. The number of carboxylic acids is 1. The summed E-state index contributed by atoms with van der Waals surface area (Å²) < 4.78 is 5.03. The minimum absolute atomic E-state index is 0.0743. The summed E-state index contributed by atoms with van der Waals surface area (Å²) in [6.07, 6.45) is 4.60. The highest BCUT2D eigenvalue weighted by Crippen LogP contribution is 2.37. The predicted molar refractivity (Wildman–Crippen MR) is 73.8 cm³/mol. The molecule has 0 spiro atoms. The molecule has 2 heterocycles. The number of carbonyl (C=O) groups is 2. The Hall–Kier alpha value is -2.37. The van der Waals surface area contributed by atoms with E-state index >= 15 is 0 Å². The molecule has 2 bridgehead atoms. The number of aromatic nitrogens is 1. The number of fused-ring (bicyclic) bond motifs is 2. The van der Waals surface area contributed by atoms with Crippen molar-refractivity contribution in [3.8, 4) is 5.88 Å². The molecule has 1 aromatic heterocycles. The van der Waals surface area contributed by atoms with Gasteiger partial charge in [0.25, 0.3) is 0 Å². The zero-order valence-electron chi connectivity index (χ0n) is 11.6. The molecule has 0 radical (unpaired) electrons. The highest BCUT2D eigenvalue weighted by atomic mass is 16.5. The molecule has 6 nitrogen and oxygen atoms in total. The lowest BCUT2D eigenvalue weighted by Crippen LogP contribution is -2.48. The number of hydrogen-bond donors (Lipinski definition) is 1. The van der Waals surface area contributed by atoms with E-state index in [-0.39, 0.29) is 24.3 Å². The second-order valence-corrected chi connectivity index (χ2v) is 5.28. The number of carbonyl (C=O) groups excluding carboxylic acids is 1. The number of ether oxygens (including phenoxy) is 1. The van der Waals surface area contributed by atoms with E-state index in [1.54, 1.807) is 18.2 Å². The standard InChI is InChI=1S/C15H16N2O4/c1-21-12-4-2-3-10(16-12)8-13(18)17-11-6-5-9(7-11)14(17)15(19)20/h2-6,9,11,14H,7-8H2,1H3,(H,19,20). The van der Waals surface area contributed by atoms with Gasteiger partial charge in [0.2, 0.25) is 11.8 Å². The van der Waals surface area contributed by atoms with E-state index < -0.39 is 12.0 Å². The van der Waals surface area contributed by atoms with Gasteiger partial charge in [-0.15, -0.1) is 0 Å². The minimum Gasteiger partial charge on any atom is -0.481 e. The summed E-state index contributed by atoms with van der Waals surface area (Å²) in [6.45, 7) is 0. The normalized spacial score (nSPS) is 26.1. The molecular formula is C15H16N2O4. The number of methoxy groups -OCH3 is 1. The number of hydrogen-bond acceptors (Lipinski definition) is 4. The largest absolute Gasteiger partial charge is 0.481 e. The lowest BCUT2D eigenvalue weighted by molar-refractivity contribution is -0.150. The van der Waals surface area contributed by atoms with Crippen LogP contribution in [0.25, 0.3) is 0 Å². The topological polar surface area (TPSA) is 79.7 Å². The van der Waals surface area contributed by atoms with Crippen LogP contribution in [-0.2, 0) is 16.0 Å². The number of nitrogens with zero attached hydrogens (tertiary/aromatic N) is 2. The zero-order valence-corrected chi connectivity index (χ0v) is 11.6. The summed E-state index contributed by atoms with van der Waals surface area (Å²) in [6, 6.07) is 4.35. The Morgan fingerprint density at radius 1 is 1.43 bits per heavy atom. The van der Waals surface area contributed by atoms with Crippen LogP contribution < -0.4 is 4.74 Å². The Bertz CT molecular complexity index is 613. The number of likely N-dealkylation sites (tertiary alicyclic amines) is 1. The molecule has 0 saturated carbocycles. The molecule has 3 unspecified atom stereocenters.